The maximum Gasteiger partial charge on any atom is 0.253 e. The molecule has 1 aromatic heterocycles. The molecule has 2 fully saturated rings. The lowest BCUT2D eigenvalue weighted by Gasteiger charge is -2.30. The van der Waals surface area contributed by atoms with E-state index in [9.17, 15) is 4.79 Å². The van der Waals surface area contributed by atoms with Gasteiger partial charge in [-0.1, -0.05) is 19.1 Å². The van der Waals surface area contributed by atoms with Crippen LogP contribution in [-0.4, -0.2) is 42.0 Å². The van der Waals surface area contributed by atoms with Gasteiger partial charge in [0.05, 0.1) is 0 Å². The lowest BCUT2D eigenvalue weighted by molar-refractivity contribution is 0.0697. The van der Waals surface area contributed by atoms with Crippen LogP contribution in [0.1, 0.15) is 49.4 Å². The van der Waals surface area contributed by atoms with Crippen molar-refractivity contribution in [2.45, 2.75) is 39.0 Å². The Morgan fingerprint density at radius 1 is 0.889 bits per heavy atom. The van der Waals surface area contributed by atoms with Gasteiger partial charge in [0.15, 0.2) is 0 Å². The number of carbonyl (C=O) groups excluding carboxylic acids is 1. The molecule has 142 valence electrons. The normalized spacial score (nSPS) is 18.6. The Bertz CT molecular complexity index is 755. The predicted molar refractivity (Wildman–Crippen MR) is 110 cm³/mol. The summed E-state index contributed by atoms with van der Waals surface area (Å²) in [6, 6.07) is 12.2. The fourth-order valence-corrected chi connectivity index (χ4v) is 4.07. The Morgan fingerprint density at radius 3 is 2.19 bits per heavy atom. The molecule has 2 aliphatic heterocycles. The van der Waals surface area contributed by atoms with E-state index in [1.807, 2.05) is 35.4 Å². The fraction of sp³-hybridized carbons (Fsp3) is 0.478. The van der Waals surface area contributed by atoms with Crippen LogP contribution in [0.3, 0.4) is 0 Å². The van der Waals surface area contributed by atoms with Crippen LogP contribution in [0.2, 0.25) is 0 Å². The molecular formula is C23H29N3O. The van der Waals surface area contributed by atoms with E-state index < -0.39 is 0 Å². The highest BCUT2D eigenvalue weighted by molar-refractivity contribution is 5.94. The van der Waals surface area contributed by atoms with Crippen molar-refractivity contribution in [3.8, 4) is 11.1 Å². The summed E-state index contributed by atoms with van der Waals surface area (Å²) >= 11 is 0. The number of anilines is 1. The second-order valence-corrected chi connectivity index (χ2v) is 8.00. The monoisotopic (exact) mass is 363 g/mol. The van der Waals surface area contributed by atoms with E-state index in [1.54, 1.807) is 0 Å². The Balaban J connectivity index is 1.43. The third-order valence-electron chi connectivity index (χ3n) is 5.96. The average Bonchev–Trinajstić information content (AvgIpc) is 2.75. The zero-order valence-electron chi connectivity index (χ0n) is 16.2. The molecule has 4 nitrogen and oxygen atoms in total. The van der Waals surface area contributed by atoms with Crippen molar-refractivity contribution < 1.29 is 4.79 Å². The topological polar surface area (TPSA) is 36.4 Å². The van der Waals surface area contributed by atoms with Crippen LogP contribution in [0.15, 0.2) is 42.6 Å². The highest BCUT2D eigenvalue weighted by atomic mass is 16.2. The van der Waals surface area contributed by atoms with E-state index in [0.717, 1.165) is 67.4 Å². The van der Waals surface area contributed by atoms with Crippen LogP contribution < -0.4 is 4.90 Å². The molecule has 2 saturated heterocycles. The number of aromatic nitrogens is 1. The minimum absolute atomic E-state index is 0.159. The van der Waals surface area contributed by atoms with E-state index in [4.69, 9.17) is 0 Å². The fourth-order valence-electron chi connectivity index (χ4n) is 4.07. The molecule has 1 amide bonds. The molecule has 1 aromatic carbocycles. The largest absolute Gasteiger partial charge is 0.357 e. The van der Waals surface area contributed by atoms with E-state index >= 15 is 0 Å². The van der Waals surface area contributed by atoms with Crippen molar-refractivity contribution >= 4 is 11.7 Å². The van der Waals surface area contributed by atoms with E-state index in [2.05, 4.69) is 28.9 Å². The molecule has 0 radical (unpaired) electrons. The summed E-state index contributed by atoms with van der Waals surface area (Å²) in [5.41, 5.74) is 2.99. The molecule has 4 heteroatoms. The van der Waals surface area contributed by atoms with Crippen LogP contribution in [0.5, 0.6) is 0 Å². The highest BCUT2D eigenvalue weighted by Crippen LogP contribution is 2.24. The number of likely N-dealkylation sites (tertiary alicyclic amines) is 1. The maximum absolute atomic E-state index is 12.7. The number of pyridine rings is 1. The smallest absolute Gasteiger partial charge is 0.253 e. The second kappa shape index (κ2) is 8.12. The van der Waals surface area contributed by atoms with E-state index in [1.165, 1.54) is 19.3 Å². The summed E-state index contributed by atoms with van der Waals surface area (Å²) in [6.07, 6.45) is 8.02. The summed E-state index contributed by atoms with van der Waals surface area (Å²) in [5, 5.41) is 0. The zero-order chi connectivity index (χ0) is 18.6. The molecule has 0 unspecified atom stereocenters. The number of carbonyl (C=O) groups is 1. The highest BCUT2D eigenvalue weighted by Gasteiger charge is 2.21. The Kier molecular flexibility index (Phi) is 5.42. The molecule has 0 saturated carbocycles. The van der Waals surface area contributed by atoms with Gasteiger partial charge in [-0.25, -0.2) is 4.98 Å². The number of hydrogen-bond donors (Lipinski definition) is 0. The number of rotatable bonds is 3. The molecule has 0 aliphatic carbocycles. The molecular weight excluding hydrogens is 334 g/mol. The van der Waals surface area contributed by atoms with Gasteiger partial charge in [0.25, 0.3) is 5.91 Å². The first-order chi connectivity index (χ1) is 13.2. The van der Waals surface area contributed by atoms with Crippen LogP contribution in [0.25, 0.3) is 11.1 Å². The third kappa shape index (κ3) is 4.15. The number of benzene rings is 1. The van der Waals surface area contributed by atoms with E-state index in [0.29, 0.717) is 0 Å². The minimum atomic E-state index is 0.159. The number of hydrogen-bond acceptors (Lipinski definition) is 3. The van der Waals surface area contributed by atoms with Crippen LogP contribution in [-0.2, 0) is 0 Å². The van der Waals surface area contributed by atoms with Crippen molar-refractivity contribution in [2.24, 2.45) is 5.92 Å². The molecule has 0 spiro atoms. The predicted octanol–water partition coefficient (Wildman–Crippen LogP) is 4.61. The summed E-state index contributed by atoms with van der Waals surface area (Å²) in [7, 11) is 0. The number of amides is 1. The van der Waals surface area contributed by atoms with Crippen LogP contribution >= 0.6 is 0 Å². The number of nitrogens with zero attached hydrogens (tertiary/aromatic N) is 3. The van der Waals surface area contributed by atoms with Crippen LogP contribution in [0, 0.1) is 5.92 Å². The van der Waals surface area contributed by atoms with Gasteiger partial charge in [-0.15, -0.1) is 0 Å². The van der Waals surface area contributed by atoms with Gasteiger partial charge < -0.3 is 9.80 Å². The number of piperidine rings is 2. The molecule has 0 N–H and O–H groups in total. The zero-order valence-corrected chi connectivity index (χ0v) is 16.2. The van der Waals surface area contributed by atoms with Crippen molar-refractivity contribution in [2.75, 3.05) is 31.1 Å². The first-order valence-electron chi connectivity index (χ1n) is 10.3. The van der Waals surface area contributed by atoms with Gasteiger partial charge >= 0.3 is 0 Å². The second-order valence-electron chi connectivity index (χ2n) is 8.00. The molecule has 4 rings (SSSR count). The van der Waals surface area contributed by atoms with Crippen molar-refractivity contribution in [1.82, 2.24) is 9.88 Å². The summed E-state index contributed by atoms with van der Waals surface area (Å²) in [6.45, 7) is 6.24. The first kappa shape index (κ1) is 18.0. The molecule has 2 aromatic rings. The molecule has 3 heterocycles. The summed E-state index contributed by atoms with van der Waals surface area (Å²) in [5.74, 6) is 1.97. The standard InChI is InChI=1S/C23H29N3O/c1-18-11-15-26(16-12-18)23(27)20-7-5-19(6-8-20)21-9-10-22(24-17-21)25-13-3-2-4-14-25/h5-10,17-18H,2-4,11-16H2,1H3. The van der Waals surface area contributed by atoms with Gasteiger partial charge in [-0.05, 0) is 67.9 Å². The Labute approximate surface area is 162 Å². The molecule has 2 aliphatic rings. The van der Waals surface area contributed by atoms with Gasteiger partial charge in [0.2, 0.25) is 0 Å². The SMILES string of the molecule is CC1CCN(C(=O)c2ccc(-c3ccc(N4CCCCC4)nc3)cc2)CC1. The van der Waals surface area contributed by atoms with Gasteiger partial charge in [-0.2, -0.15) is 0 Å². The van der Waals surface area contributed by atoms with Crippen molar-refractivity contribution in [3.63, 3.8) is 0 Å². The lowest BCUT2D eigenvalue weighted by atomic mass is 9.98. The van der Waals surface area contributed by atoms with Gasteiger partial charge in [0, 0.05) is 43.5 Å². The lowest BCUT2D eigenvalue weighted by Crippen LogP contribution is -2.37. The van der Waals surface area contributed by atoms with Gasteiger partial charge in [-0.3, -0.25) is 4.79 Å². The first-order valence-corrected chi connectivity index (χ1v) is 10.3. The van der Waals surface area contributed by atoms with Gasteiger partial charge in [0.1, 0.15) is 5.82 Å². The summed E-state index contributed by atoms with van der Waals surface area (Å²) < 4.78 is 0. The Hall–Kier alpha value is -2.36. The van der Waals surface area contributed by atoms with Crippen molar-refractivity contribution in [3.05, 3.63) is 48.2 Å². The minimum Gasteiger partial charge on any atom is -0.357 e. The van der Waals surface area contributed by atoms with E-state index in [-0.39, 0.29) is 5.91 Å². The quantitative estimate of drug-likeness (QED) is 0.799. The Morgan fingerprint density at radius 2 is 1.56 bits per heavy atom. The summed E-state index contributed by atoms with van der Waals surface area (Å²) in [4.78, 5) is 21.7. The molecule has 27 heavy (non-hydrogen) atoms. The third-order valence-corrected chi connectivity index (χ3v) is 5.96. The average molecular weight is 364 g/mol. The maximum atomic E-state index is 12.7. The van der Waals surface area contributed by atoms with Crippen LogP contribution in [0.4, 0.5) is 5.82 Å². The molecule has 0 bridgehead atoms. The van der Waals surface area contributed by atoms with Crippen molar-refractivity contribution in [1.29, 1.82) is 0 Å². The molecule has 0 atom stereocenters.